The van der Waals surface area contributed by atoms with E-state index in [1.807, 2.05) is 50.6 Å². The number of sulfonamides is 1. The molecule has 8 aromatic heterocycles. The van der Waals surface area contributed by atoms with E-state index in [9.17, 15) is 33.7 Å². The lowest BCUT2D eigenvalue weighted by atomic mass is 9.86. The maximum Gasteiger partial charge on any atom is 0.279 e. The van der Waals surface area contributed by atoms with E-state index in [-0.39, 0.29) is 14.9 Å². The van der Waals surface area contributed by atoms with Crippen molar-refractivity contribution < 1.29 is 38.4 Å². The first-order chi connectivity index (χ1) is 53.9. The van der Waals surface area contributed by atoms with Crippen LogP contribution in [-0.2, 0) is 45.4 Å². The Morgan fingerprint density at radius 1 is 0.435 bits per heavy atom. The molecule has 115 heavy (non-hydrogen) atoms. The highest BCUT2D eigenvalue weighted by Crippen LogP contribution is 2.38. The second-order valence-corrected chi connectivity index (χ2v) is 45.7. The van der Waals surface area contributed by atoms with Crippen molar-refractivity contribution in [2.75, 3.05) is 102 Å². The third-order valence-electron chi connectivity index (χ3n) is 20.6. The molecule has 0 radical (unpaired) electrons. The first kappa shape index (κ1) is 93.8. The van der Waals surface area contributed by atoms with Gasteiger partial charge in [0.05, 0.1) is 33.1 Å². The number of anilines is 4. The summed E-state index contributed by atoms with van der Waals surface area (Å²) in [5, 5.41) is 32.2. The van der Waals surface area contributed by atoms with Gasteiger partial charge >= 0.3 is 0 Å². The smallest absolute Gasteiger partial charge is 0.279 e. The van der Waals surface area contributed by atoms with Crippen LogP contribution in [0.3, 0.4) is 0 Å². The predicted octanol–water partition coefficient (Wildman–Crippen LogP) is 15.3. The van der Waals surface area contributed by atoms with Gasteiger partial charge in [-0.1, -0.05) is 39.0 Å². The Labute approximate surface area is 713 Å². The topological polar surface area (TPSA) is 355 Å². The van der Waals surface area contributed by atoms with E-state index in [4.69, 9.17) is 19.7 Å². The molecule has 0 spiro atoms. The van der Waals surface area contributed by atoms with E-state index in [0.29, 0.717) is 105 Å². The molecule has 636 valence electrons. The summed E-state index contributed by atoms with van der Waals surface area (Å²) in [7, 11) is -7.36. The zero-order valence-electron chi connectivity index (χ0n) is 65.9. The monoisotopic (exact) mass is 1810 g/mol. The molecule has 5 aliphatic rings. The van der Waals surface area contributed by atoms with E-state index in [2.05, 4.69) is 102 Å². The van der Waals surface area contributed by atoms with E-state index in [0.717, 1.165) is 189 Å². The lowest BCUT2D eigenvalue weighted by Gasteiger charge is -2.31. The molecule has 1 aliphatic heterocycles. The minimum absolute atomic E-state index is 0. The summed E-state index contributed by atoms with van der Waals surface area (Å²) in [6.07, 6.45) is 18.1. The summed E-state index contributed by atoms with van der Waals surface area (Å²) in [4.78, 5) is 40.8. The van der Waals surface area contributed by atoms with Crippen molar-refractivity contribution in [2.45, 2.75) is 195 Å². The zero-order chi connectivity index (χ0) is 80.6. The fourth-order valence-electron chi connectivity index (χ4n) is 14.1. The number of rotatable bonds is 28. The normalized spacial score (nSPS) is 21.0. The van der Waals surface area contributed by atoms with Gasteiger partial charge in [-0.25, -0.2) is 67.2 Å². The van der Waals surface area contributed by atoms with Crippen molar-refractivity contribution in [2.24, 2.45) is 23.7 Å². The van der Waals surface area contributed by atoms with Crippen molar-refractivity contribution in [3.05, 3.63) is 92.6 Å². The van der Waals surface area contributed by atoms with Crippen molar-refractivity contribution in [3.63, 3.8) is 0 Å². The molecule has 9 heterocycles. The summed E-state index contributed by atoms with van der Waals surface area (Å²) in [6.45, 7) is 18.0. The molecule has 14 rings (SSSR count). The van der Waals surface area contributed by atoms with Crippen molar-refractivity contribution in [1.29, 1.82) is 0 Å². The number of aryl methyl sites for hydroxylation is 7. The molecule has 4 aliphatic carbocycles. The van der Waals surface area contributed by atoms with Gasteiger partial charge in [-0.15, -0.1) is 90.7 Å². The zero-order valence-corrected chi connectivity index (χ0v) is 75.7. The van der Waals surface area contributed by atoms with Crippen molar-refractivity contribution in [1.82, 2.24) is 71.7 Å². The molecular weight excluding hydrogens is 1700 g/mol. The SMILES string of the molecule is C.C.CN(C)S(=O)(=O)NCC1CCC(Nc2nc(-c3nccs3)cs2)CC1.Cc1ccc(S(=O)(=O)NCC2CCC(Nc3nc(-c4nc(C)sc4C)cs3)CC2)cc1.Cc1nc(-c2csc(NC3CCC(CNS(=O)(=O)N(C)C)CC3)n2)c(C)s1.Cc1nc(-c2csc(NC3CCCC(CNS(=O)(=O)N4CCOCC4)C3)n2)c(C)s1. The summed E-state index contributed by atoms with van der Waals surface area (Å²) < 4.78 is 117. The Hall–Kier alpha value is -5.06. The van der Waals surface area contributed by atoms with Crippen LogP contribution in [0.2, 0.25) is 0 Å². The Kier molecular flexibility index (Phi) is 35.4. The van der Waals surface area contributed by atoms with Gasteiger partial charge in [0.25, 0.3) is 30.6 Å². The van der Waals surface area contributed by atoms with Gasteiger partial charge < -0.3 is 26.0 Å². The number of thiazole rings is 8. The summed E-state index contributed by atoms with van der Waals surface area (Å²) >= 11 is 13.1. The van der Waals surface area contributed by atoms with Gasteiger partial charge in [-0.05, 0) is 181 Å². The number of aromatic nitrogens is 8. The lowest BCUT2D eigenvalue weighted by molar-refractivity contribution is 0.0724. The number of morpholine rings is 1. The predicted molar refractivity (Wildman–Crippen MR) is 479 cm³/mol. The van der Waals surface area contributed by atoms with E-state index < -0.39 is 40.7 Å². The molecule has 2 atom stereocenters. The van der Waals surface area contributed by atoms with Crippen LogP contribution >= 0.6 is 90.7 Å². The first-order valence-electron chi connectivity index (χ1n) is 38.2. The molecular formula is C75H115N19O9S12. The Bertz CT molecular complexity index is 4940. The minimum Gasteiger partial charge on any atom is -0.379 e. The van der Waals surface area contributed by atoms with Crippen LogP contribution in [0, 0.1) is 72.1 Å². The lowest BCUT2D eigenvalue weighted by Crippen LogP contribution is -2.48. The highest BCUT2D eigenvalue weighted by atomic mass is 32.2. The molecule has 40 heteroatoms. The summed E-state index contributed by atoms with van der Waals surface area (Å²) in [5.74, 6) is 1.49. The molecule has 8 N–H and O–H groups in total. The van der Waals surface area contributed by atoms with Gasteiger partial charge in [0.1, 0.15) is 44.9 Å². The number of hydrogen-bond acceptors (Lipinski definition) is 29. The van der Waals surface area contributed by atoms with Gasteiger partial charge in [0, 0.05) is 139 Å². The Morgan fingerprint density at radius 2 is 0.809 bits per heavy atom. The minimum atomic E-state index is -3.44. The first-order valence-corrected chi connectivity index (χ1v) is 50.9. The third kappa shape index (κ3) is 27.7. The van der Waals surface area contributed by atoms with Gasteiger partial charge in [0.2, 0.25) is 10.0 Å². The van der Waals surface area contributed by atoms with Crippen LogP contribution in [0.15, 0.2) is 62.3 Å². The average Bonchev–Trinajstić information content (AvgIpc) is 1.69. The summed E-state index contributed by atoms with van der Waals surface area (Å²) in [6, 6.07) is 8.46. The van der Waals surface area contributed by atoms with Crippen LogP contribution in [0.1, 0.15) is 153 Å². The van der Waals surface area contributed by atoms with E-state index in [1.54, 1.807) is 123 Å². The molecule has 2 unspecified atom stereocenters. The van der Waals surface area contributed by atoms with Crippen LogP contribution in [-0.4, -0.2) is 191 Å². The second kappa shape index (κ2) is 43.4. The molecule has 0 bridgehead atoms. The molecule has 1 saturated heterocycles. The molecule has 5 fully saturated rings. The highest BCUT2D eigenvalue weighted by molar-refractivity contribution is 7.89. The number of benzene rings is 1. The number of nitrogens with zero attached hydrogens (tertiary/aromatic N) is 11. The second-order valence-electron chi connectivity index (χ2n) is 29.7. The highest BCUT2D eigenvalue weighted by Gasteiger charge is 2.31. The maximum absolute atomic E-state index is 12.5. The van der Waals surface area contributed by atoms with E-state index in [1.165, 1.54) is 41.6 Å². The fraction of sp³-hybridized carbons (Fsp3) is 0.600. The number of ether oxygens (including phenoxy) is 1. The van der Waals surface area contributed by atoms with Gasteiger partial charge in [-0.3, -0.25) is 0 Å². The quantitative estimate of drug-likeness (QED) is 0.0226. The van der Waals surface area contributed by atoms with Crippen LogP contribution in [0.5, 0.6) is 0 Å². The van der Waals surface area contributed by atoms with Crippen molar-refractivity contribution >= 4 is 152 Å². The van der Waals surface area contributed by atoms with Crippen molar-refractivity contribution in [3.8, 4) is 44.9 Å². The van der Waals surface area contributed by atoms with Crippen LogP contribution in [0.4, 0.5) is 20.5 Å². The van der Waals surface area contributed by atoms with E-state index >= 15 is 0 Å². The molecule has 28 nitrogen and oxygen atoms in total. The largest absolute Gasteiger partial charge is 0.379 e. The molecule has 1 aromatic carbocycles. The fourth-order valence-corrected chi connectivity index (χ4v) is 24.1. The number of nitrogens with one attached hydrogen (secondary N) is 8. The third-order valence-corrected chi connectivity index (χ3v) is 33.1. The number of hydrogen-bond donors (Lipinski definition) is 8. The Balaban J connectivity index is 0.000000175. The molecule has 9 aromatic rings. The maximum atomic E-state index is 12.5. The van der Waals surface area contributed by atoms with Crippen LogP contribution < -0.4 is 40.2 Å². The standard InChI is InChI=1S/C22H28N4O2S3.C19H29N5O3S3.C17H27N5O2S3.C15H23N5O2S3.2CH4/c1-14-4-10-19(11-5-14)31(27,28)23-12-17-6-8-18(9-7-17)25-22-26-20(13-29-22)21-15(2)30-16(3)24-21;1-13-18(21-14(2)29-13)17-12-28-19(23-17)22-16-5-3-4-15(10-16)11-20-30(25,26)24-6-8-27-9-7-24;1-11-16(19-12(2)26-11)15-10-25-17(21-15)20-14-7-5-13(6-8-14)9-18-27(23,24)22(3)4;1-20(2)25(21,22)17-9-11-3-5-12(6-4-11)18-15-19-13(10-24-15)14-16-7-8-23-14;;/h4-5,10-11,13,17-18,23H,6-9,12H2,1-3H3,(H,25,26);12,15-16,20H,3-11H2,1-2H3,(H,22,23);10,13-14,18H,5-9H2,1-4H3,(H,20,21);7-8,10-12,17H,3-6,9H2,1-2H3,(H,18,19);2*1H4. The molecule has 4 saturated carbocycles. The van der Waals surface area contributed by atoms with Gasteiger partial charge in [0.15, 0.2) is 20.5 Å². The average molecular weight is 1810 g/mol. The van der Waals surface area contributed by atoms with Gasteiger partial charge in [-0.2, -0.15) is 38.2 Å². The summed E-state index contributed by atoms with van der Waals surface area (Å²) in [5.41, 5.74) is 7.72. The van der Waals surface area contributed by atoms with Crippen LogP contribution in [0.25, 0.3) is 44.9 Å². The molecule has 0 amide bonds. The Morgan fingerprint density at radius 3 is 1.18 bits per heavy atom.